The summed E-state index contributed by atoms with van der Waals surface area (Å²) in [5.74, 6) is -5.32. The van der Waals surface area contributed by atoms with Crippen LogP contribution < -0.4 is 0 Å². The van der Waals surface area contributed by atoms with Crippen LogP contribution in [0.3, 0.4) is 0 Å². The third-order valence-corrected chi connectivity index (χ3v) is 8.59. The van der Waals surface area contributed by atoms with E-state index >= 15 is 0 Å². The molecule has 0 heterocycles. The minimum Gasteiger partial charge on any atom is -0.469 e. The van der Waals surface area contributed by atoms with Gasteiger partial charge in [0.25, 0.3) is 0 Å². The Morgan fingerprint density at radius 3 is 1.96 bits per heavy atom. The maximum absolute atomic E-state index is 13.2. The molecule has 4 atom stereocenters. The van der Waals surface area contributed by atoms with Gasteiger partial charge in [-0.2, -0.15) is 0 Å². The summed E-state index contributed by atoms with van der Waals surface area (Å²) < 4.78 is 21.2. The van der Waals surface area contributed by atoms with Crippen LogP contribution >= 0.6 is 58.0 Å². The molecule has 0 aliphatic heterocycles. The lowest BCUT2D eigenvalue weighted by molar-refractivity contribution is -0.225. The highest BCUT2D eigenvalue weighted by molar-refractivity contribution is 6.53. The number of halogens is 5. The molecule has 0 amide bonds. The number of esters is 2. The van der Waals surface area contributed by atoms with Gasteiger partial charge in [0.05, 0.1) is 24.3 Å². The van der Waals surface area contributed by atoms with E-state index in [1.54, 1.807) is 0 Å². The van der Waals surface area contributed by atoms with E-state index in [9.17, 15) is 9.59 Å². The van der Waals surface area contributed by atoms with E-state index in [0.29, 0.717) is 5.57 Å². The van der Waals surface area contributed by atoms with Gasteiger partial charge in [0.2, 0.25) is 5.79 Å². The molecule has 0 saturated heterocycles. The first kappa shape index (κ1) is 24.1. The lowest BCUT2D eigenvalue weighted by atomic mass is 9.64. The smallest absolute Gasteiger partial charge is 0.315 e. The SMILES string of the molecule is C=C(CCl)CC1(C(=O)OC)C(C(=O)OC)[C@@]2(Cl)C(Cl)=C(Cl)[C@]1(Cl)C2(OC)OC. The third-order valence-electron chi connectivity index (χ3n) is 5.53. The lowest BCUT2D eigenvalue weighted by Gasteiger charge is -2.45. The second-order valence-corrected chi connectivity index (χ2v) is 8.69. The molecule has 2 bridgehead atoms. The summed E-state index contributed by atoms with van der Waals surface area (Å²) in [6.07, 6.45) is -0.213. The second-order valence-electron chi connectivity index (χ2n) is 6.50. The highest BCUT2D eigenvalue weighted by atomic mass is 35.5. The van der Waals surface area contributed by atoms with Gasteiger partial charge < -0.3 is 18.9 Å². The lowest BCUT2D eigenvalue weighted by Crippen LogP contribution is -2.61. The molecule has 0 aromatic carbocycles. The maximum atomic E-state index is 13.2. The average molecular weight is 497 g/mol. The zero-order chi connectivity index (χ0) is 21.7. The Kier molecular flexibility index (Phi) is 6.70. The number of rotatable bonds is 7. The zero-order valence-electron chi connectivity index (χ0n) is 15.5. The van der Waals surface area contributed by atoms with Crippen molar-refractivity contribution < 1.29 is 28.5 Å². The largest absolute Gasteiger partial charge is 0.469 e. The topological polar surface area (TPSA) is 71.1 Å². The molecule has 1 fully saturated rings. The Bertz CT molecular complexity index is 750. The summed E-state index contributed by atoms with van der Waals surface area (Å²) in [5.41, 5.74) is -1.57. The van der Waals surface area contributed by atoms with Crippen LogP contribution in [0.1, 0.15) is 6.42 Å². The fourth-order valence-corrected chi connectivity index (χ4v) is 6.89. The summed E-state index contributed by atoms with van der Waals surface area (Å²) in [6.45, 7) is 3.83. The fraction of sp³-hybridized carbons (Fsp3) is 0.647. The van der Waals surface area contributed by atoms with Crippen LogP contribution in [0.5, 0.6) is 0 Å². The van der Waals surface area contributed by atoms with Crippen molar-refractivity contribution in [2.24, 2.45) is 11.3 Å². The van der Waals surface area contributed by atoms with Gasteiger partial charge in [-0.3, -0.25) is 9.59 Å². The van der Waals surface area contributed by atoms with Gasteiger partial charge in [-0.1, -0.05) is 35.4 Å². The quantitative estimate of drug-likeness (QED) is 0.231. The number of alkyl halides is 3. The van der Waals surface area contributed by atoms with Crippen LogP contribution in [0.15, 0.2) is 22.2 Å². The monoisotopic (exact) mass is 494 g/mol. The van der Waals surface area contributed by atoms with Crippen molar-refractivity contribution in [2.45, 2.75) is 22.0 Å². The highest BCUT2D eigenvalue weighted by Crippen LogP contribution is 2.79. The molecule has 0 radical (unpaired) electrons. The summed E-state index contributed by atoms with van der Waals surface area (Å²) in [6, 6.07) is 0. The summed E-state index contributed by atoms with van der Waals surface area (Å²) >= 11 is 32.8. The molecule has 11 heteroatoms. The predicted octanol–water partition coefficient (Wildman–Crippen LogP) is 3.78. The van der Waals surface area contributed by atoms with Crippen LogP contribution in [0.4, 0.5) is 0 Å². The van der Waals surface area contributed by atoms with E-state index in [1.807, 2.05) is 0 Å². The molecule has 0 aromatic rings. The molecule has 0 aromatic heterocycles. The number of hydrogen-bond donors (Lipinski definition) is 0. The molecule has 6 nitrogen and oxygen atoms in total. The number of allylic oxidation sites excluding steroid dienone is 1. The highest BCUT2D eigenvalue weighted by Gasteiger charge is 2.93. The van der Waals surface area contributed by atoms with Gasteiger partial charge in [0.15, 0.2) is 9.75 Å². The van der Waals surface area contributed by atoms with Crippen LogP contribution in [0.2, 0.25) is 0 Å². The van der Waals surface area contributed by atoms with Crippen LogP contribution in [-0.2, 0) is 28.5 Å². The Morgan fingerprint density at radius 1 is 1.04 bits per heavy atom. The first-order valence-corrected chi connectivity index (χ1v) is 9.96. The Morgan fingerprint density at radius 2 is 1.57 bits per heavy atom. The van der Waals surface area contributed by atoms with Gasteiger partial charge in [-0.25, -0.2) is 0 Å². The van der Waals surface area contributed by atoms with E-state index in [1.165, 1.54) is 14.2 Å². The molecule has 0 N–H and O–H groups in total. The molecule has 2 rings (SSSR count). The summed E-state index contributed by atoms with van der Waals surface area (Å²) in [4.78, 5) is 22.1. The van der Waals surface area contributed by atoms with Gasteiger partial charge in [-0.15, -0.1) is 34.8 Å². The van der Waals surface area contributed by atoms with E-state index in [-0.39, 0.29) is 22.4 Å². The van der Waals surface area contributed by atoms with Gasteiger partial charge >= 0.3 is 11.9 Å². The number of methoxy groups -OCH3 is 4. The first-order valence-electron chi connectivity index (χ1n) is 7.91. The van der Waals surface area contributed by atoms with Crippen molar-refractivity contribution >= 4 is 69.9 Å². The van der Waals surface area contributed by atoms with Crippen molar-refractivity contribution in [1.82, 2.24) is 0 Å². The van der Waals surface area contributed by atoms with Gasteiger partial charge in [0, 0.05) is 20.1 Å². The summed E-state index contributed by atoms with van der Waals surface area (Å²) in [7, 11) is 4.76. The number of ether oxygens (including phenoxy) is 4. The number of hydrogen-bond acceptors (Lipinski definition) is 6. The minimum atomic E-state index is -2.05. The molecular formula is C17H19Cl5O6. The van der Waals surface area contributed by atoms with Crippen molar-refractivity contribution in [2.75, 3.05) is 34.3 Å². The molecule has 0 spiro atoms. The van der Waals surface area contributed by atoms with E-state index in [4.69, 9.17) is 77.0 Å². The van der Waals surface area contributed by atoms with Crippen molar-refractivity contribution in [1.29, 1.82) is 0 Å². The molecule has 158 valence electrons. The molecule has 2 aliphatic rings. The third kappa shape index (κ3) is 2.37. The van der Waals surface area contributed by atoms with Crippen molar-refractivity contribution in [3.8, 4) is 0 Å². The maximum Gasteiger partial charge on any atom is 0.315 e. The average Bonchev–Trinajstić information content (AvgIpc) is 2.93. The van der Waals surface area contributed by atoms with Gasteiger partial charge in [0.1, 0.15) is 11.3 Å². The Hall–Kier alpha value is -0.210. The van der Waals surface area contributed by atoms with Crippen molar-refractivity contribution in [3.05, 3.63) is 22.2 Å². The van der Waals surface area contributed by atoms with Crippen LogP contribution in [-0.4, -0.2) is 61.8 Å². The Balaban J connectivity index is 3.07. The minimum absolute atomic E-state index is 0.0308. The van der Waals surface area contributed by atoms with Crippen LogP contribution in [0, 0.1) is 11.3 Å². The Labute approximate surface area is 187 Å². The van der Waals surface area contributed by atoms with E-state index in [0.717, 1.165) is 14.2 Å². The standard InChI is InChI=1S/C17H19Cl5O6/c1-8(7-18)6-14(13(24)26-3)9(12(23)25-2)15(21)10(19)11(20)16(14,22)17(15,27-4)28-5/h9H,1,6-7H2,2-5H3/t9?,14?,15-,16-/m1/s1. The second kappa shape index (κ2) is 7.80. The summed E-state index contributed by atoms with van der Waals surface area (Å²) in [5, 5.41) is -0.400. The molecule has 2 unspecified atom stereocenters. The van der Waals surface area contributed by atoms with Crippen molar-refractivity contribution in [3.63, 3.8) is 0 Å². The fourth-order valence-electron chi connectivity index (χ4n) is 4.52. The number of carbonyl (C=O) groups excluding carboxylic acids is 2. The molecule has 2 aliphatic carbocycles. The zero-order valence-corrected chi connectivity index (χ0v) is 19.3. The van der Waals surface area contributed by atoms with Gasteiger partial charge in [-0.05, 0) is 6.42 Å². The van der Waals surface area contributed by atoms with E-state index in [2.05, 4.69) is 6.58 Å². The number of fused-ring (bicyclic) bond motifs is 2. The molecule has 1 saturated carbocycles. The predicted molar refractivity (Wildman–Crippen MR) is 107 cm³/mol. The normalized spacial score (nSPS) is 35.8. The van der Waals surface area contributed by atoms with Crippen LogP contribution in [0.25, 0.3) is 0 Å². The number of carbonyl (C=O) groups is 2. The molecule has 28 heavy (non-hydrogen) atoms. The molecular weight excluding hydrogens is 477 g/mol. The first-order chi connectivity index (χ1) is 13.0. The van der Waals surface area contributed by atoms with E-state index < -0.39 is 38.8 Å².